The van der Waals surface area contributed by atoms with Crippen molar-refractivity contribution in [3.63, 3.8) is 0 Å². The standard InChI is InChI=1S/C15H29N3O2/c16-10-13(11-4-2-1-3-5-11)18-15(19)14(17)12-6-8-20-9-7-12/h11-14H,1-10,16-17H2,(H,18,19). The lowest BCUT2D eigenvalue weighted by Crippen LogP contribution is -2.54. The summed E-state index contributed by atoms with van der Waals surface area (Å²) in [6.45, 7) is 1.94. The van der Waals surface area contributed by atoms with Crippen LogP contribution < -0.4 is 16.8 Å². The molecule has 2 unspecified atom stereocenters. The Bertz CT molecular complexity index is 299. The summed E-state index contributed by atoms with van der Waals surface area (Å²) in [5.74, 6) is 0.742. The number of hydrogen-bond acceptors (Lipinski definition) is 4. The van der Waals surface area contributed by atoms with Crippen LogP contribution in [0.3, 0.4) is 0 Å². The van der Waals surface area contributed by atoms with Gasteiger partial charge in [0, 0.05) is 25.8 Å². The first-order chi connectivity index (χ1) is 9.72. The van der Waals surface area contributed by atoms with Gasteiger partial charge in [0.2, 0.25) is 5.91 Å². The van der Waals surface area contributed by atoms with Crippen molar-refractivity contribution in [3.05, 3.63) is 0 Å². The second-order valence-corrected chi connectivity index (χ2v) is 6.22. The number of carbonyl (C=O) groups excluding carboxylic acids is 1. The Morgan fingerprint density at radius 2 is 1.75 bits per heavy atom. The molecule has 116 valence electrons. The third kappa shape index (κ3) is 4.17. The molecule has 1 saturated heterocycles. The predicted octanol–water partition coefficient (Wildman–Crippen LogP) is 0.764. The number of nitrogens with two attached hydrogens (primary N) is 2. The van der Waals surface area contributed by atoms with Gasteiger partial charge >= 0.3 is 0 Å². The SMILES string of the molecule is NCC(NC(=O)C(N)C1CCOCC1)C1CCCCC1. The van der Waals surface area contributed by atoms with Crippen LogP contribution in [0.15, 0.2) is 0 Å². The van der Waals surface area contributed by atoms with Crippen LogP contribution in [0.5, 0.6) is 0 Å². The van der Waals surface area contributed by atoms with Crippen molar-refractivity contribution in [2.45, 2.75) is 57.0 Å². The highest BCUT2D eigenvalue weighted by atomic mass is 16.5. The van der Waals surface area contributed by atoms with Gasteiger partial charge < -0.3 is 21.5 Å². The Morgan fingerprint density at radius 3 is 2.35 bits per heavy atom. The Kier molecular flexibility index (Phi) is 6.26. The highest BCUT2D eigenvalue weighted by molar-refractivity contribution is 5.82. The summed E-state index contributed by atoms with van der Waals surface area (Å²) < 4.78 is 5.32. The topological polar surface area (TPSA) is 90.4 Å². The van der Waals surface area contributed by atoms with E-state index < -0.39 is 6.04 Å². The van der Waals surface area contributed by atoms with Crippen molar-refractivity contribution in [3.8, 4) is 0 Å². The van der Waals surface area contributed by atoms with Gasteiger partial charge in [-0.2, -0.15) is 0 Å². The quantitative estimate of drug-likeness (QED) is 0.695. The minimum absolute atomic E-state index is 0.0297. The van der Waals surface area contributed by atoms with Gasteiger partial charge in [-0.1, -0.05) is 19.3 Å². The van der Waals surface area contributed by atoms with Crippen molar-refractivity contribution in [2.75, 3.05) is 19.8 Å². The smallest absolute Gasteiger partial charge is 0.237 e. The summed E-state index contributed by atoms with van der Waals surface area (Å²) in [4.78, 5) is 12.3. The van der Waals surface area contributed by atoms with Crippen LogP contribution in [-0.4, -0.2) is 37.7 Å². The molecule has 2 aliphatic rings. The van der Waals surface area contributed by atoms with E-state index in [9.17, 15) is 4.79 Å². The maximum atomic E-state index is 12.3. The monoisotopic (exact) mass is 283 g/mol. The van der Waals surface area contributed by atoms with Crippen LogP contribution in [0, 0.1) is 11.8 Å². The first-order valence-corrected chi connectivity index (χ1v) is 8.06. The molecule has 0 aromatic heterocycles. The maximum Gasteiger partial charge on any atom is 0.237 e. The normalized spacial score (nSPS) is 25.1. The number of rotatable bonds is 5. The van der Waals surface area contributed by atoms with Gasteiger partial charge in [-0.15, -0.1) is 0 Å². The van der Waals surface area contributed by atoms with Crippen molar-refractivity contribution >= 4 is 5.91 Å². The Labute approximate surface area is 121 Å². The molecule has 1 saturated carbocycles. The van der Waals surface area contributed by atoms with Crippen LogP contribution in [0.2, 0.25) is 0 Å². The van der Waals surface area contributed by atoms with Crippen molar-refractivity contribution in [2.24, 2.45) is 23.3 Å². The van der Waals surface area contributed by atoms with E-state index >= 15 is 0 Å². The fraction of sp³-hybridized carbons (Fsp3) is 0.933. The van der Waals surface area contributed by atoms with Gasteiger partial charge in [-0.05, 0) is 37.5 Å². The molecule has 1 heterocycles. The summed E-state index contributed by atoms with van der Waals surface area (Å²) in [5, 5.41) is 3.10. The van der Waals surface area contributed by atoms with Crippen LogP contribution in [0.1, 0.15) is 44.9 Å². The summed E-state index contributed by atoms with van der Waals surface area (Å²) in [6.07, 6.45) is 7.93. The van der Waals surface area contributed by atoms with E-state index in [1.54, 1.807) is 0 Å². The second-order valence-electron chi connectivity index (χ2n) is 6.22. The number of carbonyl (C=O) groups is 1. The first-order valence-electron chi connectivity index (χ1n) is 8.06. The first kappa shape index (κ1) is 15.7. The lowest BCUT2D eigenvalue weighted by atomic mass is 9.83. The minimum atomic E-state index is -0.420. The van der Waals surface area contributed by atoms with Crippen molar-refractivity contribution in [1.82, 2.24) is 5.32 Å². The van der Waals surface area contributed by atoms with E-state index in [-0.39, 0.29) is 17.9 Å². The lowest BCUT2D eigenvalue weighted by molar-refractivity contribution is -0.125. The molecule has 2 atom stereocenters. The second kappa shape index (κ2) is 7.96. The molecular formula is C15H29N3O2. The van der Waals surface area contributed by atoms with Crippen LogP contribution in [0.25, 0.3) is 0 Å². The number of nitrogens with one attached hydrogen (secondary N) is 1. The maximum absolute atomic E-state index is 12.3. The highest BCUT2D eigenvalue weighted by Gasteiger charge is 2.30. The predicted molar refractivity (Wildman–Crippen MR) is 79.1 cm³/mol. The largest absolute Gasteiger partial charge is 0.381 e. The van der Waals surface area contributed by atoms with Gasteiger partial charge in [0.1, 0.15) is 0 Å². The lowest BCUT2D eigenvalue weighted by Gasteiger charge is -2.32. The summed E-state index contributed by atoms with van der Waals surface area (Å²) in [6, 6.07) is -0.328. The molecule has 2 fully saturated rings. The number of hydrogen-bond donors (Lipinski definition) is 3. The minimum Gasteiger partial charge on any atom is -0.381 e. The van der Waals surface area contributed by atoms with Gasteiger partial charge in [0.15, 0.2) is 0 Å². The number of ether oxygens (including phenoxy) is 1. The molecule has 0 radical (unpaired) electrons. The van der Waals surface area contributed by atoms with Crippen LogP contribution in [0.4, 0.5) is 0 Å². The van der Waals surface area contributed by atoms with Gasteiger partial charge in [-0.25, -0.2) is 0 Å². The molecule has 2 rings (SSSR count). The van der Waals surface area contributed by atoms with E-state index in [1.807, 2.05) is 0 Å². The van der Waals surface area contributed by atoms with E-state index in [1.165, 1.54) is 32.1 Å². The highest BCUT2D eigenvalue weighted by Crippen LogP contribution is 2.26. The summed E-state index contributed by atoms with van der Waals surface area (Å²) >= 11 is 0. The average molecular weight is 283 g/mol. The molecule has 0 spiro atoms. The zero-order chi connectivity index (χ0) is 14.4. The molecule has 0 aromatic rings. The molecule has 5 nitrogen and oxygen atoms in total. The zero-order valence-electron chi connectivity index (χ0n) is 12.4. The van der Waals surface area contributed by atoms with Gasteiger partial charge in [0.05, 0.1) is 6.04 Å². The molecule has 1 aliphatic heterocycles. The third-order valence-corrected chi connectivity index (χ3v) is 4.88. The van der Waals surface area contributed by atoms with E-state index in [0.29, 0.717) is 25.7 Å². The Morgan fingerprint density at radius 1 is 1.10 bits per heavy atom. The molecule has 1 amide bonds. The molecule has 1 aliphatic carbocycles. The van der Waals surface area contributed by atoms with E-state index in [0.717, 1.165) is 12.8 Å². The van der Waals surface area contributed by atoms with E-state index in [4.69, 9.17) is 16.2 Å². The zero-order valence-corrected chi connectivity index (χ0v) is 12.4. The van der Waals surface area contributed by atoms with E-state index in [2.05, 4.69) is 5.32 Å². The third-order valence-electron chi connectivity index (χ3n) is 4.88. The van der Waals surface area contributed by atoms with Crippen LogP contribution >= 0.6 is 0 Å². The van der Waals surface area contributed by atoms with Crippen molar-refractivity contribution in [1.29, 1.82) is 0 Å². The molecule has 0 aromatic carbocycles. The summed E-state index contributed by atoms with van der Waals surface area (Å²) in [7, 11) is 0. The molecule has 5 heteroatoms. The fourth-order valence-electron chi connectivity index (χ4n) is 3.47. The molecule has 0 bridgehead atoms. The molecule has 20 heavy (non-hydrogen) atoms. The van der Waals surface area contributed by atoms with Crippen LogP contribution in [-0.2, 0) is 9.53 Å². The Balaban J connectivity index is 1.83. The van der Waals surface area contributed by atoms with Gasteiger partial charge in [0.25, 0.3) is 0 Å². The summed E-state index contributed by atoms with van der Waals surface area (Å²) in [5.41, 5.74) is 12.0. The molecular weight excluding hydrogens is 254 g/mol. The average Bonchev–Trinajstić information content (AvgIpc) is 2.53. The number of amides is 1. The van der Waals surface area contributed by atoms with Crippen molar-refractivity contribution < 1.29 is 9.53 Å². The van der Waals surface area contributed by atoms with Gasteiger partial charge in [-0.3, -0.25) is 4.79 Å². The fourth-order valence-corrected chi connectivity index (χ4v) is 3.47. The Hall–Kier alpha value is -0.650. The molecule has 5 N–H and O–H groups in total.